The Morgan fingerprint density at radius 1 is 1.13 bits per heavy atom. The van der Waals surface area contributed by atoms with E-state index in [-0.39, 0.29) is 23.5 Å². The highest BCUT2D eigenvalue weighted by atomic mass is 35.5. The zero-order valence-electron chi connectivity index (χ0n) is 17.3. The van der Waals surface area contributed by atoms with Crippen molar-refractivity contribution in [2.45, 2.75) is 38.2 Å². The summed E-state index contributed by atoms with van der Waals surface area (Å²) in [5, 5.41) is 3.27. The summed E-state index contributed by atoms with van der Waals surface area (Å²) < 4.78 is 38.6. The van der Waals surface area contributed by atoms with Crippen LogP contribution >= 0.6 is 11.6 Å². The molecule has 0 bridgehead atoms. The molecule has 0 heterocycles. The molecule has 0 atom stereocenters. The highest BCUT2D eigenvalue weighted by molar-refractivity contribution is 7.92. The highest BCUT2D eigenvalue weighted by Gasteiger charge is 2.16. The van der Waals surface area contributed by atoms with Gasteiger partial charge in [-0.2, -0.15) is 0 Å². The van der Waals surface area contributed by atoms with Crippen LogP contribution in [0.25, 0.3) is 0 Å². The topological polar surface area (TPSA) is 93.7 Å². The number of halogens is 1. The van der Waals surface area contributed by atoms with Gasteiger partial charge in [-0.1, -0.05) is 11.6 Å². The maximum absolute atomic E-state index is 12.6. The Bertz CT molecular complexity index is 946. The maximum Gasteiger partial charge on any atom is 0.261 e. The Balaban J connectivity index is 1.88. The van der Waals surface area contributed by atoms with Crippen molar-refractivity contribution in [2.75, 3.05) is 24.5 Å². The van der Waals surface area contributed by atoms with E-state index < -0.39 is 10.0 Å². The second kappa shape index (κ2) is 11.2. The predicted molar refractivity (Wildman–Crippen MR) is 118 cm³/mol. The normalized spacial score (nSPS) is 11.4. The molecule has 0 saturated heterocycles. The summed E-state index contributed by atoms with van der Waals surface area (Å²) in [7, 11) is -3.76. The van der Waals surface area contributed by atoms with Gasteiger partial charge in [0.25, 0.3) is 15.9 Å². The molecule has 9 heteroatoms. The molecule has 0 spiro atoms. The maximum atomic E-state index is 12.6. The van der Waals surface area contributed by atoms with E-state index in [1.807, 2.05) is 13.8 Å². The largest absolute Gasteiger partial charge is 0.484 e. The lowest BCUT2D eigenvalue weighted by Crippen LogP contribution is -2.30. The smallest absolute Gasteiger partial charge is 0.261 e. The van der Waals surface area contributed by atoms with E-state index in [2.05, 4.69) is 10.0 Å². The van der Waals surface area contributed by atoms with E-state index in [0.717, 1.165) is 6.42 Å². The summed E-state index contributed by atoms with van der Waals surface area (Å²) in [5.41, 5.74) is 1.01. The number of carbonyl (C=O) groups excluding carboxylic acids is 1. The fraction of sp³-hybridized carbons (Fsp3) is 0.381. The van der Waals surface area contributed by atoms with Gasteiger partial charge < -0.3 is 14.8 Å². The van der Waals surface area contributed by atoms with Gasteiger partial charge in [0, 0.05) is 23.9 Å². The monoisotopic (exact) mass is 454 g/mol. The predicted octanol–water partition coefficient (Wildman–Crippen LogP) is 3.76. The van der Waals surface area contributed by atoms with Crippen molar-refractivity contribution in [1.82, 2.24) is 5.32 Å². The number of ether oxygens (including phenoxy) is 2. The van der Waals surface area contributed by atoms with Crippen LogP contribution in [-0.2, 0) is 19.6 Å². The zero-order valence-corrected chi connectivity index (χ0v) is 18.8. The van der Waals surface area contributed by atoms with Crippen LogP contribution in [0.5, 0.6) is 5.75 Å². The Kier molecular flexibility index (Phi) is 8.95. The van der Waals surface area contributed by atoms with Gasteiger partial charge >= 0.3 is 0 Å². The molecule has 2 aromatic rings. The van der Waals surface area contributed by atoms with E-state index >= 15 is 0 Å². The molecular formula is C21H27ClN2O5S. The number of hydrogen-bond donors (Lipinski definition) is 2. The number of aryl methyl sites for hydroxylation is 1. The van der Waals surface area contributed by atoms with Crippen molar-refractivity contribution in [2.24, 2.45) is 0 Å². The number of sulfonamides is 1. The molecule has 2 N–H and O–H groups in total. The molecule has 0 aliphatic rings. The number of anilines is 1. The number of hydrogen-bond acceptors (Lipinski definition) is 5. The Labute approximate surface area is 182 Å². The molecule has 0 saturated carbocycles. The number of benzene rings is 2. The van der Waals surface area contributed by atoms with Crippen molar-refractivity contribution in [1.29, 1.82) is 0 Å². The summed E-state index contributed by atoms with van der Waals surface area (Å²) in [5.74, 6) is 0.193. The van der Waals surface area contributed by atoms with Gasteiger partial charge in [-0.05, 0) is 75.2 Å². The number of nitrogens with one attached hydrogen (secondary N) is 2. The van der Waals surface area contributed by atoms with Crippen molar-refractivity contribution >= 4 is 33.2 Å². The van der Waals surface area contributed by atoms with E-state index in [0.29, 0.717) is 35.2 Å². The van der Waals surface area contributed by atoms with Crippen molar-refractivity contribution < 1.29 is 22.7 Å². The average Bonchev–Trinajstić information content (AvgIpc) is 2.68. The first kappa shape index (κ1) is 24.0. The third-order valence-corrected chi connectivity index (χ3v) is 5.64. The van der Waals surface area contributed by atoms with Crippen LogP contribution in [0, 0.1) is 6.92 Å². The second-order valence-electron chi connectivity index (χ2n) is 6.95. The van der Waals surface area contributed by atoms with Gasteiger partial charge in [-0.25, -0.2) is 8.42 Å². The molecule has 0 aliphatic heterocycles. The summed E-state index contributed by atoms with van der Waals surface area (Å²) >= 11 is 5.82. The first-order valence-corrected chi connectivity index (χ1v) is 11.4. The fourth-order valence-electron chi connectivity index (χ4n) is 2.50. The van der Waals surface area contributed by atoms with Crippen LogP contribution in [0.15, 0.2) is 47.4 Å². The lowest BCUT2D eigenvalue weighted by Gasteiger charge is -2.13. The lowest BCUT2D eigenvalue weighted by atomic mass is 10.2. The lowest BCUT2D eigenvalue weighted by molar-refractivity contribution is -0.123. The van der Waals surface area contributed by atoms with Crippen LogP contribution in [0.4, 0.5) is 5.69 Å². The quantitative estimate of drug-likeness (QED) is 0.504. The molecule has 164 valence electrons. The Morgan fingerprint density at radius 2 is 1.83 bits per heavy atom. The minimum atomic E-state index is -3.76. The molecule has 1 amide bonds. The van der Waals surface area contributed by atoms with Gasteiger partial charge in [0.1, 0.15) is 5.75 Å². The van der Waals surface area contributed by atoms with Crippen molar-refractivity contribution in [3.8, 4) is 5.75 Å². The molecule has 2 aromatic carbocycles. The third kappa shape index (κ3) is 7.85. The van der Waals surface area contributed by atoms with E-state index in [1.54, 1.807) is 31.2 Å². The Hall–Kier alpha value is -2.29. The van der Waals surface area contributed by atoms with Crippen LogP contribution in [0.3, 0.4) is 0 Å². The fourth-order valence-corrected chi connectivity index (χ4v) is 3.77. The SMILES string of the molecule is Cc1cc(S(=O)(=O)Nc2ccc(Cl)cc2)ccc1OCC(=O)NCCCOC(C)C. The van der Waals surface area contributed by atoms with E-state index in [4.69, 9.17) is 21.1 Å². The molecule has 0 unspecified atom stereocenters. The molecule has 30 heavy (non-hydrogen) atoms. The first-order chi connectivity index (χ1) is 14.2. The van der Waals surface area contributed by atoms with Crippen LogP contribution in [-0.4, -0.2) is 40.2 Å². The van der Waals surface area contributed by atoms with Crippen LogP contribution in [0.2, 0.25) is 5.02 Å². The first-order valence-electron chi connectivity index (χ1n) is 9.57. The van der Waals surface area contributed by atoms with Crippen molar-refractivity contribution in [3.63, 3.8) is 0 Å². The number of carbonyl (C=O) groups is 1. The van der Waals surface area contributed by atoms with E-state index in [9.17, 15) is 13.2 Å². The van der Waals surface area contributed by atoms with Gasteiger partial charge in [-0.3, -0.25) is 9.52 Å². The molecule has 0 aromatic heterocycles. The molecule has 0 aliphatic carbocycles. The van der Waals surface area contributed by atoms with Crippen LogP contribution in [0.1, 0.15) is 25.8 Å². The van der Waals surface area contributed by atoms with Gasteiger partial charge in [0.2, 0.25) is 0 Å². The number of rotatable bonds is 11. The molecular weight excluding hydrogens is 428 g/mol. The standard InChI is InChI=1S/C21H27ClN2O5S/c1-15(2)28-12-4-11-23-21(25)14-29-20-10-9-19(13-16(20)3)30(26,27)24-18-7-5-17(22)6-8-18/h5-10,13,15,24H,4,11-12,14H2,1-3H3,(H,23,25). The summed E-state index contributed by atoms with van der Waals surface area (Å²) in [4.78, 5) is 12.0. The molecule has 0 radical (unpaired) electrons. The van der Waals surface area contributed by atoms with Gasteiger partial charge in [0.05, 0.1) is 11.0 Å². The minimum Gasteiger partial charge on any atom is -0.484 e. The third-order valence-electron chi connectivity index (χ3n) is 4.01. The minimum absolute atomic E-state index is 0.0944. The summed E-state index contributed by atoms with van der Waals surface area (Å²) in [6, 6.07) is 10.8. The number of amides is 1. The average molecular weight is 455 g/mol. The summed E-state index contributed by atoms with van der Waals surface area (Å²) in [6.07, 6.45) is 0.885. The van der Waals surface area contributed by atoms with Gasteiger partial charge in [0.15, 0.2) is 6.61 Å². The zero-order chi connectivity index (χ0) is 22.1. The summed E-state index contributed by atoms with van der Waals surface area (Å²) in [6.45, 7) is 6.57. The highest BCUT2D eigenvalue weighted by Crippen LogP contribution is 2.24. The van der Waals surface area contributed by atoms with Gasteiger partial charge in [-0.15, -0.1) is 0 Å². The Morgan fingerprint density at radius 3 is 2.47 bits per heavy atom. The van der Waals surface area contributed by atoms with E-state index in [1.165, 1.54) is 18.2 Å². The molecule has 0 fully saturated rings. The van der Waals surface area contributed by atoms with Crippen molar-refractivity contribution in [3.05, 3.63) is 53.1 Å². The second-order valence-corrected chi connectivity index (χ2v) is 9.07. The molecule has 2 rings (SSSR count). The molecule has 7 nitrogen and oxygen atoms in total. The van der Waals surface area contributed by atoms with Crippen LogP contribution < -0.4 is 14.8 Å².